The van der Waals surface area contributed by atoms with E-state index in [1.807, 2.05) is 30.3 Å². The highest BCUT2D eigenvalue weighted by Gasteiger charge is 2.25. The number of ether oxygens (including phenoxy) is 1. The van der Waals surface area contributed by atoms with E-state index in [-0.39, 0.29) is 0 Å². The van der Waals surface area contributed by atoms with Crippen molar-refractivity contribution in [3.05, 3.63) is 65.4 Å². The van der Waals surface area contributed by atoms with Gasteiger partial charge >= 0.3 is 0 Å². The Bertz CT molecular complexity index is 643. The van der Waals surface area contributed by atoms with Gasteiger partial charge in [0.05, 0.1) is 0 Å². The third-order valence-electron chi connectivity index (χ3n) is 3.32. The Morgan fingerprint density at radius 3 is 2.82 bits per heavy atom. The van der Waals surface area contributed by atoms with Crippen LogP contribution >= 0.6 is 0 Å². The summed E-state index contributed by atoms with van der Waals surface area (Å²) in [6.07, 6.45) is 2.09. The standard InChI is InChI=1S/C15H11NO/c1-2-6-13-11(5-1)12-9-16-8-10-4-3-7-14(17-13)15(10)12/h1-7,9,16H,8H2. The lowest BCUT2D eigenvalue weighted by atomic mass is 9.89. The number of hydrogen-bond acceptors (Lipinski definition) is 2. The second-order valence-corrected chi connectivity index (χ2v) is 4.33. The summed E-state index contributed by atoms with van der Waals surface area (Å²) < 4.78 is 5.96. The topological polar surface area (TPSA) is 21.3 Å². The van der Waals surface area contributed by atoms with Crippen molar-refractivity contribution in [3.8, 4) is 11.5 Å². The predicted octanol–water partition coefficient (Wildman–Crippen LogP) is 3.28. The van der Waals surface area contributed by atoms with Crippen LogP contribution in [0.1, 0.15) is 16.7 Å². The van der Waals surface area contributed by atoms with Crippen LogP contribution in [-0.4, -0.2) is 0 Å². The summed E-state index contributed by atoms with van der Waals surface area (Å²) >= 11 is 0. The van der Waals surface area contributed by atoms with Crippen LogP contribution in [0.5, 0.6) is 11.5 Å². The van der Waals surface area contributed by atoms with Gasteiger partial charge in [0.25, 0.3) is 0 Å². The molecule has 0 aliphatic carbocycles. The molecule has 0 aromatic heterocycles. The number of hydrogen-bond donors (Lipinski definition) is 1. The van der Waals surface area contributed by atoms with Gasteiger partial charge in [0.1, 0.15) is 11.5 Å². The molecule has 0 saturated carbocycles. The van der Waals surface area contributed by atoms with Crippen LogP contribution in [0.25, 0.3) is 5.57 Å². The fourth-order valence-corrected chi connectivity index (χ4v) is 2.56. The van der Waals surface area contributed by atoms with Gasteiger partial charge in [0.2, 0.25) is 0 Å². The molecule has 0 unspecified atom stereocenters. The molecule has 2 heteroatoms. The molecule has 1 N–H and O–H groups in total. The summed E-state index contributed by atoms with van der Waals surface area (Å²) in [5.74, 6) is 1.90. The van der Waals surface area contributed by atoms with E-state index in [0.717, 1.165) is 18.0 Å². The Balaban J connectivity index is 2.06. The molecule has 0 bridgehead atoms. The quantitative estimate of drug-likeness (QED) is 0.629. The second kappa shape index (κ2) is 3.14. The average Bonchev–Trinajstić information content (AvgIpc) is 2.39. The van der Waals surface area contributed by atoms with E-state index < -0.39 is 0 Å². The summed E-state index contributed by atoms with van der Waals surface area (Å²) in [6.45, 7) is 0.873. The molecule has 0 amide bonds. The van der Waals surface area contributed by atoms with E-state index >= 15 is 0 Å². The van der Waals surface area contributed by atoms with Gasteiger partial charge in [-0.2, -0.15) is 0 Å². The molecule has 2 aromatic carbocycles. The van der Waals surface area contributed by atoms with Crippen LogP contribution < -0.4 is 10.1 Å². The first-order chi connectivity index (χ1) is 8.43. The Labute approximate surface area is 99.5 Å². The van der Waals surface area contributed by atoms with Crippen molar-refractivity contribution >= 4 is 5.57 Å². The fourth-order valence-electron chi connectivity index (χ4n) is 2.56. The minimum Gasteiger partial charge on any atom is -0.456 e. The zero-order valence-corrected chi connectivity index (χ0v) is 9.23. The van der Waals surface area contributed by atoms with Gasteiger partial charge in [-0.1, -0.05) is 30.3 Å². The van der Waals surface area contributed by atoms with E-state index in [2.05, 4.69) is 23.6 Å². The van der Waals surface area contributed by atoms with Gasteiger partial charge in [-0.15, -0.1) is 0 Å². The van der Waals surface area contributed by atoms with Gasteiger partial charge in [0.15, 0.2) is 0 Å². The molecule has 82 valence electrons. The SMILES string of the molecule is C1=C2c3ccccc3Oc3cccc(c32)CN1. The van der Waals surface area contributed by atoms with E-state index in [1.54, 1.807) is 0 Å². The van der Waals surface area contributed by atoms with Crippen molar-refractivity contribution in [1.82, 2.24) is 5.32 Å². The van der Waals surface area contributed by atoms with Crippen LogP contribution in [0.4, 0.5) is 0 Å². The Kier molecular flexibility index (Phi) is 1.64. The minimum atomic E-state index is 0.873. The number of fused-ring (bicyclic) bond motifs is 2. The molecule has 0 atom stereocenters. The third-order valence-corrected chi connectivity index (χ3v) is 3.32. The van der Waals surface area contributed by atoms with Gasteiger partial charge in [-0.25, -0.2) is 0 Å². The number of benzene rings is 2. The number of rotatable bonds is 0. The summed E-state index contributed by atoms with van der Waals surface area (Å²) in [5.41, 5.74) is 4.95. The molecule has 2 aliphatic rings. The maximum absolute atomic E-state index is 5.96. The van der Waals surface area contributed by atoms with Crippen molar-refractivity contribution in [2.24, 2.45) is 0 Å². The highest BCUT2D eigenvalue weighted by Crippen LogP contribution is 2.45. The fraction of sp³-hybridized carbons (Fsp3) is 0.0667. The number of nitrogens with one attached hydrogen (secondary N) is 1. The van der Waals surface area contributed by atoms with E-state index in [1.165, 1.54) is 22.3 Å². The second-order valence-electron chi connectivity index (χ2n) is 4.33. The zero-order chi connectivity index (χ0) is 11.2. The molecule has 17 heavy (non-hydrogen) atoms. The smallest absolute Gasteiger partial charge is 0.135 e. The molecule has 4 rings (SSSR count). The molecular weight excluding hydrogens is 210 g/mol. The van der Waals surface area contributed by atoms with Gasteiger partial charge in [-0.05, 0) is 17.7 Å². The van der Waals surface area contributed by atoms with Crippen LogP contribution in [0.15, 0.2) is 48.7 Å². The summed E-state index contributed by atoms with van der Waals surface area (Å²) in [6, 6.07) is 14.4. The first-order valence-electron chi connectivity index (χ1n) is 5.76. The van der Waals surface area contributed by atoms with Crippen molar-refractivity contribution in [1.29, 1.82) is 0 Å². The summed E-state index contributed by atoms with van der Waals surface area (Å²) in [5, 5.41) is 3.33. The summed E-state index contributed by atoms with van der Waals surface area (Å²) in [4.78, 5) is 0. The third kappa shape index (κ3) is 1.15. The Morgan fingerprint density at radius 1 is 0.941 bits per heavy atom. The molecule has 2 heterocycles. The highest BCUT2D eigenvalue weighted by molar-refractivity contribution is 5.89. The lowest BCUT2D eigenvalue weighted by Gasteiger charge is -2.27. The van der Waals surface area contributed by atoms with Crippen LogP contribution in [-0.2, 0) is 6.54 Å². The van der Waals surface area contributed by atoms with E-state index in [0.29, 0.717) is 0 Å². The summed E-state index contributed by atoms with van der Waals surface area (Å²) in [7, 11) is 0. The van der Waals surface area contributed by atoms with Crippen molar-refractivity contribution in [2.75, 3.05) is 0 Å². The normalized spacial score (nSPS) is 14.9. The lowest BCUT2D eigenvalue weighted by Crippen LogP contribution is -2.17. The highest BCUT2D eigenvalue weighted by atomic mass is 16.5. The van der Waals surface area contributed by atoms with Crippen molar-refractivity contribution in [3.63, 3.8) is 0 Å². The molecule has 0 spiro atoms. The maximum Gasteiger partial charge on any atom is 0.135 e. The van der Waals surface area contributed by atoms with Crippen LogP contribution in [0, 0.1) is 0 Å². The van der Waals surface area contributed by atoms with Gasteiger partial charge in [-0.3, -0.25) is 0 Å². The van der Waals surface area contributed by atoms with E-state index in [4.69, 9.17) is 4.74 Å². The molecule has 0 radical (unpaired) electrons. The number of para-hydroxylation sites is 1. The van der Waals surface area contributed by atoms with Gasteiger partial charge in [0, 0.05) is 29.4 Å². The van der Waals surface area contributed by atoms with Crippen molar-refractivity contribution in [2.45, 2.75) is 6.54 Å². The molecule has 0 fully saturated rings. The first kappa shape index (κ1) is 8.88. The van der Waals surface area contributed by atoms with Crippen LogP contribution in [0.2, 0.25) is 0 Å². The maximum atomic E-state index is 5.96. The average molecular weight is 221 g/mol. The Hall–Kier alpha value is -2.22. The van der Waals surface area contributed by atoms with Crippen LogP contribution in [0.3, 0.4) is 0 Å². The monoisotopic (exact) mass is 221 g/mol. The minimum absolute atomic E-state index is 0.873. The Morgan fingerprint density at radius 2 is 1.82 bits per heavy atom. The molecule has 0 saturated heterocycles. The zero-order valence-electron chi connectivity index (χ0n) is 9.23. The van der Waals surface area contributed by atoms with Crippen molar-refractivity contribution < 1.29 is 4.74 Å². The molecule has 2 nitrogen and oxygen atoms in total. The largest absolute Gasteiger partial charge is 0.456 e. The molecular formula is C15H11NO. The lowest BCUT2D eigenvalue weighted by molar-refractivity contribution is 0.472. The van der Waals surface area contributed by atoms with Gasteiger partial charge < -0.3 is 10.1 Å². The van der Waals surface area contributed by atoms with E-state index in [9.17, 15) is 0 Å². The first-order valence-corrected chi connectivity index (χ1v) is 5.76. The molecule has 2 aliphatic heterocycles. The predicted molar refractivity (Wildman–Crippen MR) is 66.9 cm³/mol. The molecule has 2 aromatic rings.